The Morgan fingerprint density at radius 3 is 2.39 bits per heavy atom. The first kappa shape index (κ1) is 22.0. The molecular formula is C23H31N7O3. The summed E-state index contributed by atoms with van der Waals surface area (Å²) in [6.45, 7) is 8.95. The summed E-state index contributed by atoms with van der Waals surface area (Å²) >= 11 is 0. The predicted molar refractivity (Wildman–Crippen MR) is 124 cm³/mol. The topological polar surface area (TPSA) is 117 Å². The van der Waals surface area contributed by atoms with E-state index in [1.165, 1.54) is 6.42 Å². The highest BCUT2D eigenvalue weighted by atomic mass is 16.5. The molecule has 10 heteroatoms. The van der Waals surface area contributed by atoms with Crippen LogP contribution in [0.3, 0.4) is 0 Å². The molecule has 1 saturated carbocycles. The van der Waals surface area contributed by atoms with E-state index in [-0.39, 0.29) is 30.5 Å². The summed E-state index contributed by atoms with van der Waals surface area (Å²) in [6.07, 6.45) is 6.83. The number of hydrogen-bond donors (Lipinski definition) is 2. The molecule has 0 unspecified atom stereocenters. The fraction of sp³-hybridized carbons (Fsp3) is 0.609. The summed E-state index contributed by atoms with van der Waals surface area (Å²) in [4.78, 5) is 35.4. The quantitative estimate of drug-likeness (QED) is 0.703. The van der Waals surface area contributed by atoms with Gasteiger partial charge in [0.05, 0.1) is 41.3 Å². The maximum Gasteiger partial charge on any atom is 0.243 e. The Morgan fingerprint density at radius 2 is 1.82 bits per heavy atom. The molecular weight excluding hydrogens is 422 g/mol. The van der Waals surface area contributed by atoms with Gasteiger partial charge in [-0.2, -0.15) is 0 Å². The van der Waals surface area contributed by atoms with E-state index >= 15 is 0 Å². The molecule has 1 amide bonds. The van der Waals surface area contributed by atoms with Crippen molar-refractivity contribution in [2.45, 2.75) is 77.2 Å². The van der Waals surface area contributed by atoms with Crippen LogP contribution in [-0.2, 0) is 21.6 Å². The number of ether oxygens (including phenoxy) is 1. The molecule has 2 aliphatic heterocycles. The number of hydrogen-bond acceptors (Lipinski definition) is 9. The van der Waals surface area contributed by atoms with Crippen LogP contribution in [0.25, 0.3) is 0 Å². The summed E-state index contributed by atoms with van der Waals surface area (Å²) in [7, 11) is 0. The molecule has 0 spiro atoms. The van der Waals surface area contributed by atoms with E-state index in [2.05, 4.69) is 30.2 Å². The van der Waals surface area contributed by atoms with Gasteiger partial charge < -0.3 is 20.1 Å². The van der Waals surface area contributed by atoms with Crippen molar-refractivity contribution in [1.82, 2.24) is 19.9 Å². The maximum absolute atomic E-state index is 13.6. The van der Waals surface area contributed by atoms with Crippen LogP contribution in [0, 0.1) is 0 Å². The van der Waals surface area contributed by atoms with Gasteiger partial charge in [-0.05, 0) is 47.0 Å². The normalized spacial score (nSPS) is 24.6. The van der Waals surface area contributed by atoms with E-state index in [1.807, 2.05) is 27.7 Å². The van der Waals surface area contributed by atoms with E-state index in [0.717, 1.165) is 18.4 Å². The summed E-state index contributed by atoms with van der Waals surface area (Å²) in [6, 6.07) is 0.330. The van der Waals surface area contributed by atoms with E-state index in [9.17, 15) is 9.90 Å². The Balaban J connectivity index is 1.51. The highest BCUT2D eigenvalue weighted by Crippen LogP contribution is 2.47. The monoisotopic (exact) mass is 453 g/mol. The van der Waals surface area contributed by atoms with Gasteiger partial charge in [-0.15, -0.1) is 0 Å². The van der Waals surface area contributed by atoms with Crippen LogP contribution < -0.4 is 15.1 Å². The maximum atomic E-state index is 13.6. The van der Waals surface area contributed by atoms with E-state index in [0.29, 0.717) is 42.4 Å². The SMILES string of the molecule is C[C@@H]1CN(c2ncc(N3C(=O)C(C)(C)c4c(NC5CCC5)nc(CO)nc43)cn2)C[C@H](C)O1. The number of carbonyl (C=O) groups excluding carboxylic acids is 1. The molecule has 33 heavy (non-hydrogen) atoms. The number of nitrogens with zero attached hydrogens (tertiary/aromatic N) is 6. The molecule has 2 aromatic heterocycles. The number of amides is 1. The summed E-state index contributed by atoms with van der Waals surface area (Å²) in [5.41, 5.74) is 0.460. The zero-order valence-corrected chi connectivity index (χ0v) is 19.6. The molecule has 10 nitrogen and oxygen atoms in total. The smallest absolute Gasteiger partial charge is 0.243 e. The van der Waals surface area contributed by atoms with E-state index < -0.39 is 5.41 Å². The van der Waals surface area contributed by atoms with Crippen LogP contribution in [0.4, 0.5) is 23.3 Å². The lowest BCUT2D eigenvalue weighted by molar-refractivity contribution is -0.121. The fourth-order valence-corrected chi connectivity index (χ4v) is 4.81. The number of aliphatic hydroxyl groups is 1. The number of fused-ring (bicyclic) bond motifs is 1. The van der Waals surface area contributed by atoms with Gasteiger partial charge >= 0.3 is 0 Å². The molecule has 176 valence electrons. The van der Waals surface area contributed by atoms with Crippen molar-refractivity contribution in [1.29, 1.82) is 0 Å². The molecule has 4 heterocycles. The van der Waals surface area contributed by atoms with Crippen LogP contribution in [0.2, 0.25) is 0 Å². The van der Waals surface area contributed by atoms with Crippen molar-refractivity contribution in [2.24, 2.45) is 0 Å². The molecule has 2 aromatic rings. The molecule has 0 aromatic carbocycles. The molecule has 2 fully saturated rings. The third kappa shape index (κ3) is 3.80. The molecule has 2 N–H and O–H groups in total. The Morgan fingerprint density at radius 1 is 1.15 bits per heavy atom. The second-order valence-corrected chi connectivity index (χ2v) is 9.79. The highest BCUT2D eigenvalue weighted by molar-refractivity contribution is 6.12. The zero-order valence-electron chi connectivity index (χ0n) is 19.6. The molecule has 5 rings (SSSR count). The van der Waals surface area contributed by atoms with E-state index in [4.69, 9.17) is 4.74 Å². The molecule has 2 atom stereocenters. The number of rotatable bonds is 5. The van der Waals surface area contributed by atoms with E-state index in [1.54, 1.807) is 17.3 Å². The third-order valence-electron chi connectivity index (χ3n) is 6.68. The molecule has 1 aliphatic carbocycles. The zero-order chi connectivity index (χ0) is 23.3. The number of aromatic nitrogens is 4. The molecule has 1 saturated heterocycles. The minimum Gasteiger partial charge on any atom is -0.388 e. The van der Waals surface area contributed by atoms with Crippen LogP contribution in [-0.4, -0.2) is 62.3 Å². The second kappa shape index (κ2) is 8.18. The summed E-state index contributed by atoms with van der Waals surface area (Å²) in [5.74, 6) is 1.88. The predicted octanol–water partition coefficient (Wildman–Crippen LogP) is 2.29. The highest BCUT2D eigenvalue weighted by Gasteiger charge is 2.49. The lowest BCUT2D eigenvalue weighted by Gasteiger charge is -2.35. The number of anilines is 4. The lowest BCUT2D eigenvalue weighted by Crippen LogP contribution is -2.46. The first-order chi connectivity index (χ1) is 15.8. The Kier molecular flexibility index (Phi) is 5.44. The first-order valence-electron chi connectivity index (χ1n) is 11.6. The summed E-state index contributed by atoms with van der Waals surface area (Å²) < 4.78 is 5.80. The Hall–Kier alpha value is -2.85. The number of nitrogens with one attached hydrogen (secondary N) is 1. The van der Waals surface area contributed by atoms with Gasteiger partial charge in [0.15, 0.2) is 5.82 Å². The Bertz CT molecular complexity index is 1040. The van der Waals surface area contributed by atoms with Crippen molar-refractivity contribution >= 4 is 29.2 Å². The standard InChI is InChI=1S/C23H31N7O3/c1-13-10-29(11-14(2)33-13)22-24-8-16(9-25-22)30-20-18(23(3,4)21(30)32)19(26-15-6-5-7-15)27-17(12-31)28-20/h8-9,13-15,31H,5-7,10-12H2,1-4H3,(H,26,27,28)/t13-,14+. The third-order valence-corrected chi connectivity index (χ3v) is 6.68. The largest absolute Gasteiger partial charge is 0.388 e. The number of aliphatic hydroxyl groups excluding tert-OH is 1. The van der Waals surface area contributed by atoms with Crippen molar-refractivity contribution < 1.29 is 14.6 Å². The van der Waals surface area contributed by atoms with Crippen molar-refractivity contribution in [2.75, 3.05) is 28.2 Å². The van der Waals surface area contributed by atoms with Gasteiger partial charge in [-0.3, -0.25) is 9.69 Å². The van der Waals surface area contributed by atoms with Gasteiger partial charge in [0.25, 0.3) is 0 Å². The minimum absolute atomic E-state index is 0.0973. The van der Waals surface area contributed by atoms with Gasteiger partial charge in [-0.1, -0.05) is 0 Å². The van der Waals surface area contributed by atoms with Crippen molar-refractivity contribution in [3.8, 4) is 0 Å². The van der Waals surface area contributed by atoms with Crippen LogP contribution in [0.1, 0.15) is 58.3 Å². The number of morpholine rings is 1. The number of carbonyl (C=O) groups is 1. The average molecular weight is 454 g/mol. The first-order valence-corrected chi connectivity index (χ1v) is 11.6. The molecule has 0 radical (unpaired) electrons. The van der Waals surface area contributed by atoms with Crippen LogP contribution in [0.15, 0.2) is 12.4 Å². The van der Waals surface area contributed by atoms with Crippen molar-refractivity contribution in [3.05, 3.63) is 23.8 Å². The Labute approximate surface area is 193 Å². The van der Waals surface area contributed by atoms with Crippen molar-refractivity contribution in [3.63, 3.8) is 0 Å². The van der Waals surface area contributed by atoms with Gasteiger partial charge in [-0.25, -0.2) is 19.9 Å². The lowest BCUT2D eigenvalue weighted by atomic mass is 9.86. The second-order valence-electron chi connectivity index (χ2n) is 9.79. The van der Waals surface area contributed by atoms with Gasteiger partial charge in [0, 0.05) is 19.1 Å². The minimum atomic E-state index is -0.830. The summed E-state index contributed by atoms with van der Waals surface area (Å²) in [5, 5.41) is 13.2. The molecule has 0 bridgehead atoms. The fourth-order valence-electron chi connectivity index (χ4n) is 4.81. The van der Waals surface area contributed by atoms with Gasteiger partial charge in [0.2, 0.25) is 11.9 Å². The molecule has 3 aliphatic rings. The van der Waals surface area contributed by atoms with Crippen LogP contribution in [0.5, 0.6) is 0 Å². The average Bonchev–Trinajstić information content (AvgIpc) is 2.95. The van der Waals surface area contributed by atoms with Gasteiger partial charge in [0.1, 0.15) is 18.2 Å². The van der Waals surface area contributed by atoms with Crippen LogP contribution >= 0.6 is 0 Å².